The van der Waals surface area contributed by atoms with Crippen LogP contribution in [0.1, 0.15) is 17.4 Å². The number of rotatable bonds is 3. The number of furan rings is 1. The maximum Gasteiger partial charge on any atom is 0.125 e. The van der Waals surface area contributed by atoms with Crippen molar-refractivity contribution in [3.63, 3.8) is 0 Å². The smallest absolute Gasteiger partial charge is 0.125 e. The summed E-state index contributed by atoms with van der Waals surface area (Å²) in [6.45, 7) is 4.11. The Kier molecular flexibility index (Phi) is 3.39. The average Bonchev–Trinajstić information content (AvgIpc) is 2.95. The van der Waals surface area contributed by atoms with Gasteiger partial charge in [-0.05, 0) is 23.8 Å². The number of aromatic nitrogens is 1. The lowest BCUT2D eigenvalue weighted by Gasteiger charge is -2.33. The molecule has 2 aromatic heterocycles. The number of hydrogen-bond acceptors (Lipinski definition) is 4. The fourth-order valence-corrected chi connectivity index (χ4v) is 2.48. The van der Waals surface area contributed by atoms with E-state index in [1.807, 2.05) is 24.4 Å². The van der Waals surface area contributed by atoms with Gasteiger partial charge in [-0.2, -0.15) is 0 Å². The predicted octanol–water partition coefficient (Wildman–Crippen LogP) is 1.67. The second-order valence-electron chi connectivity index (χ2n) is 4.49. The largest absolute Gasteiger partial charge is 0.467 e. The predicted molar refractivity (Wildman–Crippen MR) is 69.2 cm³/mol. The second kappa shape index (κ2) is 5.33. The lowest BCUT2D eigenvalue weighted by molar-refractivity contribution is 0.180. The van der Waals surface area contributed by atoms with Crippen molar-refractivity contribution >= 4 is 0 Å². The van der Waals surface area contributed by atoms with E-state index < -0.39 is 0 Å². The average molecular weight is 243 g/mol. The molecule has 1 unspecified atom stereocenters. The van der Waals surface area contributed by atoms with Crippen molar-refractivity contribution in [2.75, 3.05) is 26.2 Å². The van der Waals surface area contributed by atoms with Gasteiger partial charge in [0.1, 0.15) is 5.76 Å². The molecule has 3 heterocycles. The Morgan fingerprint density at radius 1 is 1.22 bits per heavy atom. The van der Waals surface area contributed by atoms with Crippen molar-refractivity contribution in [1.29, 1.82) is 0 Å². The van der Waals surface area contributed by atoms with Crippen LogP contribution >= 0.6 is 0 Å². The molecule has 94 valence electrons. The maximum absolute atomic E-state index is 5.61. The number of pyridine rings is 1. The minimum absolute atomic E-state index is 0.177. The van der Waals surface area contributed by atoms with Crippen LogP contribution in [-0.2, 0) is 0 Å². The summed E-state index contributed by atoms with van der Waals surface area (Å²) in [5.41, 5.74) is 1.19. The molecule has 18 heavy (non-hydrogen) atoms. The summed E-state index contributed by atoms with van der Waals surface area (Å²) in [6, 6.07) is 8.26. The van der Waals surface area contributed by atoms with Gasteiger partial charge in [0.15, 0.2) is 0 Å². The quantitative estimate of drug-likeness (QED) is 0.890. The maximum atomic E-state index is 5.61. The Morgan fingerprint density at radius 2 is 2.11 bits per heavy atom. The minimum atomic E-state index is 0.177. The molecule has 1 aliphatic rings. The van der Waals surface area contributed by atoms with Crippen LogP contribution in [-0.4, -0.2) is 36.1 Å². The number of piperazine rings is 1. The van der Waals surface area contributed by atoms with Crippen molar-refractivity contribution in [2.45, 2.75) is 6.04 Å². The third kappa shape index (κ3) is 2.30. The fourth-order valence-electron chi connectivity index (χ4n) is 2.48. The topological polar surface area (TPSA) is 41.3 Å². The molecular formula is C14H17N3O. The molecule has 1 saturated heterocycles. The third-order valence-electron chi connectivity index (χ3n) is 3.33. The Labute approximate surface area is 107 Å². The molecule has 0 bridgehead atoms. The van der Waals surface area contributed by atoms with Gasteiger partial charge in [0.05, 0.1) is 12.3 Å². The molecule has 0 spiro atoms. The molecule has 0 aromatic carbocycles. The van der Waals surface area contributed by atoms with E-state index >= 15 is 0 Å². The molecule has 2 aromatic rings. The molecule has 0 saturated carbocycles. The summed E-state index contributed by atoms with van der Waals surface area (Å²) in [5.74, 6) is 0.991. The van der Waals surface area contributed by atoms with Gasteiger partial charge in [-0.1, -0.05) is 6.07 Å². The van der Waals surface area contributed by atoms with Gasteiger partial charge in [-0.25, -0.2) is 0 Å². The Bertz CT molecular complexity index is 463. The summed E-state index contributed by atoms with van der Waals surface area (Å²) in [5, 5.41) is 3.38. The summed E-state index contributed by atoms with van der Waals surface area (Å²) in [6.07, 6.45) is 5.47. The van der Waals surface area contributed by atoms with Crippen LogP contribution in [0.25, 0.3) is 0 Å². The highest BCUT2D eigenvalue weighted by molar-refractivity contribution is 5.24. The van der Waals surface area contributed by atoms with Crippen LogP contribution in [0.2, 0.25) is 0 Å². The molecule has 1 atom stereocenters. The van der Waals surface area contributed by atoms with Gasteiger partial charge < -0.3 is 9.73 Å². The highest BCUT2D eigenvalue weighted by atomic mass is 16.3. The van der Waals surface area contributed by atoms with E-state index in [4.69, 9.17) is 4.42 Å². The highest BCUT2D eigenvalue weighted by Gasteiger charge is 2.25. The molecule has 3 rings (SSSR count). The lowest BCUT2D eigenvalue weighted by Crippen LogP contribution is -2.45. The van der Waals surface area contributed by atoms with E-state index in [9.17, 15) is 0 Å². The van der Waals surface area contributed by atoms with Crippen LogP contribution in [0.5, 0.6) is 0 Å². The Morgan fingerprint density at radius 3 is 2.78 bits per heavy atom. The van der Waals surface area contributed by atoms with E-state index in [0.717, 1.165) is 31.9 Å². The molecular weight excluding hydrogens is 226 g/mol. The standard InChI is InChI=1S/C14H17N3O/c1-3-12(11-16-5-1)14(13-4-2-10-18-13)17-8-6-15-7-9-17/h1-5,10-11,14-15H,6-9H2. The van der Waals surface area contributed by atoms with Crippen LogP contribution < -0.4 is 5.32 Å². The monoisotopic (exact) mass is 243 g/mol. The van der Waals surface area contributed by atoms with Gasteiger partial charge in [0, 0.05) is 38.6 Å². The summed E-state index contributed by atoms with van der Waals surface area (Å²) in [4.78, 5) is 6.66. The first-order chi connectivity index (χ1) is 8.95. The van der Waals surface area contributed by atoms with Crippen molar-refractivity contribution in [2.24, 2.45) is 0 Å². The third-order valence-corrected chi connectivity index (χ3v) is 3.33. The van der Waals surface area contributed by atoms with E-state index in [-0.39, 0.29) is 6.04 Å². The zero-order valence-electron chi connectivity index (χ0n) is 10.2. The van der Waals surface area contributed by atoms with Crippen molar-refractivity contribution in [3.05, 3.63) is 54.2 Å². The lowest BCUT2D eigenvalue weighted by atomic mass is 10.0. The van der Waals surface area contributed by atoms with Crippen molar-refractivity contribution in [3.8, 4) is 0 Å². The van der Waals surface area contributed by atoms with Crippen LogP contribution in [0, 0.1) is 0 Å². The zero-order chi connectivity index (χ0) is 12.2. The summed E-state index contributed by atoms with van der Waals surface area (Å²) >= 11 is 0. The van der Waals surface area contributed by atoms with Crippen molar-refractivity contribution in [1.82, 2.24) is 15.2 Å². The minimum Gasteiger partial charge on any atom is -0.467 e. The van der Waals surface area contributed by atoms with Crippen LogP contribution in [0.3, 0.4) is 0 Å². The SMILES string of the molecule is c1cncc(C(c2ccco2)N2CCNCC2)c1. The molecule has 0 radical (unpaired) electrons. The molecule has 1 fully saturated rings. The first-order valence-electron chi connectivity index (χ1n) is 6.33. The summed E-state index contributed by atoms with van der Waals surface area (Å²) in [7, 11) is 0. The van der Waals surface area contributed by atoms with Gasteiger partial charge in [0.2, 0.25) is 0 Å². The molecule has 4 heteroatoms. The molecule has 0 amide bonds. The Hall–Kier alpha value is -1.65. The first kappa shape index (κ1) is 11.4. The number of nitrogens with zero attached hydrogens (tertiary/aromatic N) is 2. The highest BCUT2D eigenvalue weighted by Crippen LogP contribution is 2.28. The number of hydrogen-bond donors (Lipinski definition) is 1. The zero-order valence-corrected chi connectivity index (χ0v) is 10.2. The van der Waals surface area contributed by atoms with Crippen LogP contribution in [0.15, 0.2) is 47.3 Å². The van der Waals surface area contributed by atoms with Gasteiger partial charge in [0.25, 0.3) is 0 Å². The molecule has 1 N–H and O–H groups in total. The molecule has 4 nitrogen and oxygen atoms in total. The fraction of sp³-hybridized carbons (Fsp3) is 0.357. The van der Waals surface area contributed by atoms with E-state index in [2.05, 4.69) is 21.3 Å². The van der Waals surface area contributed by atoms with Crippen LogP contribution in [0.4, 0.5) is 0 Å². The van der Waals surface area contributed by atoms with Crippen molar-refractivity contribution < 1.29 is 4.42 Å². The normalized spacial score (nSPS) is 18.7. The van der Waals surface area contributed by atoms with Gasteiger partial charge in [-0.15, -0.1) is 0 Å². The second-order valence-corrected chi connectivity index (χ2v) is 4.49. The Balaban J connectivity index is 1.93. The molecule has 0 aliphatic carbocycles. The number of nitrogens with one attached hydrogen (secondary N) is 1. The van der Waals surface area contributed by atoms with Gasteiger partial charge >= 0.3 is 0 Å². The van der Waals surface area contributed by atoms with Gasteiger partial charge in [-0.3, -0.25) is 9.88 Å². The van der Waals surface area contributed by atoms with E-state index in [1.54, 1.807) is 12.5 Å². The summed E-state index contributed by atoms with van der Waals surface area (Å²) < 4.78 is 5.61. The van der Waals surface area contributed by atoms with E-state index in [0.29, 0.717) is 0 Å². The van der Waals surface area contributed by atoms with E-state index in [1.165, 1.54) is 5.56 Å². The molecule has 1 aliphatic heterocycles. The first-order valence-corrected chi connectivity index (χ1v) is 6.33.